The topological polar surface area (TPSA) is 54.4 Å². The zero-order valence-electron chi connectivity index (χ0n) is 11.6. The fourth-order valence-electron chi connectivity index (χ4n) is 1.88. The van der Waals surface area contributed by atoms with Crippen molar-refractivity contribution in [3.63, 3.8) is 0 Å². The van der Waals surface area contributed by atoms with Gasteiger partial charge >= 0.3 is 29.6 Å². The first kappa shape index (κ1) is 21.9. The Morgan fingerprint density at radius 3 is 1.79 bits per heavy atom. The maximum absolute atomic E-state index is 10.4. The molecule has 1 N–H and O–H groups in total. The van der Waals surface area contributed by atoms with Crippen molar-refractivity contribution in [2.45, 2.75) is 71.1 Å². The van der Waals surface area contributed by atoms with Crippen molar-refractivity contribution in [3.8, 4) is 0 Å². The van der Waals surface area contributed by atoms with Gasteiger partial charge in [0.25, 0.3) is 10.1 Å². The molecule has 0 unspecified atom stereocenters. The van der Waals surface area contributed by atoms with Gasteiger partial charge < -0.3 is 0 Å². The molecule has 0 heterocycles. The third-order valence-electron chi connectivity index (χ3n) is 2.95. The van der Waals surface area contributed by atoms with E-state index in [4.69, 9.17) is 4.55 Å². The van der Waals surface area contributed by atoms with Crippen LogP contribution in [0.15, 0.2) is 12.2 Å². The molecular formula is C14H29NaO3S. The molecule has 3 nitrogen and oxygen atoms in total. The number of allylic oxidation sites excluding steroid dienone is 1. The first-order chi connectivity index (χ1) is 8.56. The molecular weight excluding hydrogens is 271 g/mol. The van der Waals surface area contributed by atoms with Gasteiger partial charge in [-0.05, 0) is 12.8 Å². The second-order valence-corrected chi connectivity index (χ2v) is 6.33. The molecule has 0 radical (unpaired) electrons. The van der Waals surface area contributed by atoms with Crippen molar-refractivity contribution < 1.29 is 13.0 Å². The zero-order chi connectivity index (χ0) is 13.7. The molecule has 0 aliphatic rings. The summed E-state index contributed by atoms with van der Waals surface area (Å²) in [4.78, 5) is 0. The van der Waals surface area contributed by atoms with Crippen LogP contribution in [0.25, 0.3) is 0 Å². The van der Waals surface area contributed by atoms with E-state index in [1.165, 1.54) is 57.4 Å². The van der Waals surface area contributed by atoms with Crippen LogP contribution in [0.1, 0.15) is 71.1 Å². The summed E-state index contributed by atoms with van der Waals surface area (Å²) in [5.41, 5.74) is 0. The van der Waals surface area contributed by atoms with Crippen molar-refractivity contribution in [2.75, 3.05) is 5.75 Å². The van der Waals surface area contributed by atoms with E-state index in [1.807, 2.05) is 6.08 Å². The molecule has 19 heavy (non-hydrogen) atoms. The Hall–Kier alpha value is 0.650. The predicted octanol–water partition coefficient (Wildman–Crippen LogP) is 3.70. The van der Waals surface area contributed by atoms with Gasteiger partial charge in [-0.25, -0.2) is 0 Å². The average Bonchev–Trinajstić information content (AvgIpc) is 2.29. The van der Waals surface area contributed by atoms with Gasteiger partial charge in [-0.1, -0.05) is 70.4 Å². The molecule has 0 fully saturated rings. The van der Waals surface area contributed by atoms with E-state index in [0.717, 1.165) is 12.8 Å². The number of hydrogen-bond acceptors (Lipinski definition) is 2. The quantitative estimate of drug-likeness (QED) is 0.259. The molecule has 5 heteroatoms. The van der Waals surface area contributed by atoms with Crippen LogP contribution in [-0.4, -0.2) is 48.3 Å². The Balaban J connectivity index is 0. The SMILES string of the molecule is CCCCCCCCCCCC=CCS(=O)(=O)O.[NaH]. The third-order valence-corrected chi connectivity index (χ3v) is 3.56. The van der Waals surface area contributed by atoms with E-state index in [2.05, 4.69) is 6.92 Å². The number of hydrogen-bond donors (Lipinski definition) is 1. The maximum atomic E-state index is 10.4. The van der Waals surface area contributed by atoms with Crippen molar-refractivity contribution in [1.29, 1.82) is 0 Å². The molecule has 0 bridgehead atoms. The second kappa shape index (κ2) is 15.0. The molecule has 0 atom stereocenters. The van der Waals surface area contributed by atoms with Crippen LogP contribution < -0.4 is 0 Å². The van der Waals surface area contributed by atoms with Gasteiger partial charge in [-0.2, -0.15) is 8.42 Å². The Kier molecular flexibility index (Phi) is 17.4. The van der Waals surface area contributed by atoms with Gasteiger partial charge in [0.05, 0.1) is 5.75 Å². The molecule has 0 aliphatic carbocycles. The molecule has 0 aromatic carbocycles. The van der Waals surface area contributed by atoms with Gasteiger partial charge in [-0.3, -0.25) is 4.55 Å². The summed E-state index contributed by atoms with van der Waals surface area (Å²) in [6.45, 7) is 2.23. The normalized spacial score (nSPS) is 11.7. The first-order valence-electron chi connectivity index (χ1n) is 7.16. The van der Waals surface area contributed by atoms with E-state index in [1.54, 1.807) is 0 Å². The minimum absolute atomic E-state index is 0. The zero-order valence-corrected chi connectivity index (χ0v) is 12.4. The molecule has 110 valence electrons. The molecule has 0 saturated heterocycles. The molecule has 0 rings (SSSR count). The number of rotatable bonds is 12. The predicted molar refractivity (Wildman–Crippen MR) is 84.5 cm³/mol. The Bertz CT molecular complexity index is 300. The van der Waals surface area contributed by atoms with Crippen LogP contribution in [0.2, 0.25) is 0 Å². The van der Waals surface area contributed by atoms with Gasteiger partial charge in [0, 0.05) is 0 Å². The van der Waals surface area contributed by atoms with Crippen molar-refractivity contribution >= 4 is 39.7 Å². The van der Waals surface area contributed by atoms with E-state index >= 15 is 0 Å². The van der Waals surface area contributed by atoms with Crippen LogP contribution >= 0.6 is 0 Å². The van der Waals surface area contributed by atoms with Crippen LogP contribution in [0.3, 0.4) is 0 Å². The van der Waals surface area contributed by atoms with Gasteiger partial charge in [0.1, 0.15) is 0 Å². The van der Waals surface area contributed by atoms with E-state index in [0.29, 0.717) is 0 Å². The van der Waals surface area contributed by atoms with E-state index in [-0.39, 0.29) is 35.3 Å². The molecule has 0 spiro atoms. The molecule has 0 aromatic rings. The van der Waals surface area contributed by atoms with E-state index < -0.39 is 10.1 Å². The monoisotopic (exact) mass is 300 g/mol. The Morgan fingerprint density at radius 1 is 0.842 bits per heavy atom. The fourth-order valence-corrected chi connectivity index (χ4v) is 2.26. The fraction of sp³-hybridized carbons (Fsp3) is 0.857. The summed E-state index contributed by atoms with van der Waals surface area (Å²) in [6.07, 6.45) is 15.9. The van der Waals surface area contributed by atoms with Crippen molar-refractivity contribution in [3.05, 3.63) is 12.2 Å². The summed E-state index contributed by atoms with van der Waals surface area (Å²) >= 11 is 0. The van der Waals surface area contributed by atoms with Crippen LogP contribution in [0.5, 0.6) is 0 Å². The second-order valence-electron chi connectivity index (χ2n) is 4.84. The van der Waals surface area contributed by atoms with Crippen LogP contribution in [0, 0.1) is 0 Å². The van der Waals surface area contributed by atoms with Crippen molar-refractivity contribution in [2.24, 2.45) is 0 Å². The van der Waals surface area contributed by atoms with Crippen LogP contribution in [0.4, 0.5) is 0 Å². The van der Waals surface area contributed by atoms with Crippen molar-refractivity contribution in [1.82, 2.24) is 0 Å². The van der Waals surface area contributed by atoms with Gasteiger partial charge in [-0.15, -0.1) is 0 Å². The first-order valence-corrected chi connectivity index (χ1v) is 8.77. The summed E-state index contributed by atoms with van der Waals surface area (Å²) in [5.74, 6) is -0.259. The molecule has 0 saturated carbocycles. The summed E-state index contributed by atoms with van der Waals surface area (Å²) < 4.78 is 29.3. The average molecular weight is 300 g/mol. The standard InChI is InChI=1S/C14H28O3S.Na.H/c1-2-3-4-5-6-7-8-9-10-11-12-13-14-18(15,16)17;;/h12-13H,2-11,14H2,1H3,(H,15,16,17);;. The number of unbranched alkanes of at least 4 members (excludes halogenated alkanes) is 9. The summed E-state index contributed by atoms with van der Waals surface area (Å²) in [5, 5.41) is 0. The van der Waals surface area contributed by atoms with Crippen LogP contribution in [-0.2, 0) is 10.1 Å². The summed E-state index contributed by atoms with van der Waals surface area (Å²) in [7, 11) is -3.82. The van der Waals surface area contributed by atoms with Gasteiger partial charge in [0.15, 0.2) is 0 Å². The van der Waals surface area contributed by atoms with Gasteiger partial charge in [0.2, 0.25) is 0 Å². The van der Waals surface area contributed by atoms with E-state index in [9.17, 15) is 8.42 Å². The Labute approximate surface area is 141 Å². The third kappa shape index (κ3) is 21.1. The Morgan fingerprint density at radius 2 is 1.32 bits per heavy atom. The molecule has 0 amide bonds. The molecule has 0 aromatic heterocycles. The minimum atomic E-state index is -3.82. The molecule has 0 aliphatic heterocycles. The summed E-state index contributed by atoms with van der Waals surface area (Å²) in [6, 6.07) is 0.